The summed E-state index contributed by atoms with van der Waals surface area (Å²) in [7, 11) is 0. The molecule has 0 radical (unpaired) electrons. The van der Waals surface area contributed by atoms with E-state index in [4.69, 9.17) is 5.11 Å². The Balaban J connectivity index is 2.43. The molecule has 1 fully saturated rings. The van der Waals surface area contributed by atoms with Gasteiger partial charge in [0.1, 0.15) is 6.04 Å². The van der Waals surface area contributed by atoms with Crippen LogP contribution < -0.4 is 10.6 Å². The van der Waals surface area contributed by atoms with E-state index >= 15 is 0 Å². The summed E-state index contributed by atoms with van der Waals surface area (Å²) in [6.07, 6.45) is -3.08. The Kier molecular flexibility index (Phi) is 6.83. The van der Waals surface area contributed by atoms with Crippen LogP contribution in [0.25, 0.3) is 0 Å². The van der Waals surface area contributed by atoms with Gasteiger partial charge in [0.25, 0.3) is 0 Å². The first-order valence-electron chi connectivity index (χ1n) is 7.48. The quantitative estimate of drug-likeness (QED) is 0.657. The average Bonchev–Trinajstić information content (AvgIpc) is 2.89. The lowest BCUT2D eigenvalue weighted by atomic mass is 10.1. The predicted molar refractivity (Wildman–Crippen MR) is 74.4 cm³/mol. The van der Waals surface area contributed by atoms with Crippen molar-refractivity contribution in [2.24, 2.45) is 5.92 Å². The van der Waals surface area contributed by atoms with Crippen LogP contribution in [-0.2, 0) is 14.4 Å². The highest BCUT2D eigenvalue weighted by molar-refractivity contribution is 5.84. The highest BCUT2D eigenvalue weighted by Crippen LogP contribution is 2.25. The van der Waals surface area contributed by atoms with Gasteiger partial charge in [0, 0.05) is 18.4 Å². The number of alkyl halides is 3. The molecule has 2 unspecified atom stereocenters. The van der Waals surface area contributed by atoms with Crippen LogP contribution in [0, 0.1) is 5.92 Å². The van der Waals surface area contributed by atoms with E-state index in [1.54, 1.807) is 6.92 Å². The number of hydrogen-bond donors (Lipinski definition) is 3. The number of rotatable bonds is 7. The zero-order chi connectivity index (χ0) is 17.6. The first-order chi connectivity index (χ1) is 10.6. The molecular weight excluding hydrogens is 317 g/mol. The highest BCUT2D eigenvalue weighted by atomic mass is 19.4. The zero-order valence-corrected chi connectivity index (χ0v) is 12.8. The van der Waals surface area contributed by atoms with Crippen LogP contribution in [0.5, 0.6) is 0 Å². The van der Waals surface area contributed by atoms with Crippen LogP contribution >= 0.6 is 0 Å². The molecule has 0 saturated heterocycles. The summed E-state index contributed by atoms with van der Waals surface area (Å²) in [5.41, 5.74) is 0. The van der Waals surface area contributed by atoms with Gasteiger partial charge in [-0.25, -0.2) is 4.79 Å². The van der Waals surface area contributed by atoms with Gasteiger partial charge in [0.15, 0.2) is 0 Å². The molecule has 1 aliphatic carbocycles. The summed E-state index contributed by atoms with van der Waals surface area (Å²) < 4.78 is 36.8. The number of hydrogen-bond acceptors (Lipinski definition) is 3. The van der Waals surface area contributed by atoms with Gasteiger partial charge >= 0.3 is 12.1 Å². The Labute approximate surface area is 131 Å². The van der Waals surface area contributed by atoms with Crippen LogP contribution in [0.1, 0.15) is 45.4 Å². The standard InChI is InChI=1S/C14H21F3N2O4/c1-8(18-12(21)9-4-2-3-5-9)6-11(20)19-10(13(22)23)7-14(15,16)17/h8-10H,2-7H2,1H3,(H,18,21)(H,19,20)(H,22,23). The van der Waals surface area contributed by atoms with Gasteiger partial charge in [-0.2, -0.15) is 13.2 Å². The second-order valence-corrected chi connectivity index (χ2v) is 5.87. The Morgan fingerprint density at radius 3 is 2.22 bits per heavy atom. The Hall–Kier alpha value is -1.80. The number of nitrogens with one attached hydrogen (secondary N) is 2. The van der Waals surface area contributed by atoms with Crippen molar-refractivity contribution in [3.8, 4) is 0 Å². The molecule has 0 aromatic carbocycles. The highest BCUT2D eigenvalue weighted by Gasteiger charge is 2.36. The minimum atomic E-state index is -4.70. The maximum Gasteiger partial charge on any atom is 0.391 e. The van der Waals surface area contributed by atoms with E-state index in [1.807, 2.05) is 5.32 Å². The topological polar surface area (TPSA) is 95.5 Å². The maximum atomic E-state index is 12.3. The van der Waals surface area contributed by atoms with Crippen molar-refractivity contribution in [3.05, 3.63) is 0 Å². The number of carbonyl (C=O) groups excluding carboxylic acids is 2. The van der Waals surface area contributed by atoms with E-state index in [0.717, 1.165) is 25.7 Å². The molecule has 0 bridgehead atoms. The summed E-state index contributed by atoms with van der Waals surface area (Å²) in [6.45, 7) is 1.55. The summed E-state index contributed by atoms with van der Waals surface area (Å²) in [4.78, 5) is 34.3. The second kappa shape index (κ2) is 8.16. The maximum absolute atomic E-state index is 12.3. The summed E-state index contributed by atoms with van der Waals surface area (Å²) in [6, 6.07) is -2.61. The van der Waals surface area contributed by atoms with Gasteiger partial charge < -0.3 is 15.7 Å². The van der Waals surface area contributed by atoms with Gasteiger partial charge in [-0.1, -0.05) is 12.8 Å². The SMILES string of the molecule is CC(CC(=O)NC(CC(F)(F)F)C(=O)O)NC(=O)C1CCCC1. The van der Waals surface area contributed by atoms with E-state index in [1.165, 1.54) is 0 Å². The monoisotopic (exact) mass is 338 g/mol. The molecule has 0 aromatic heterocycles. The van der Waals surface area contributed by atoms with Crippen molar-refractivity contribution in [2.75, 3.05) is 0 Å². The molecule has 0 spiro atoms. The Morgan fingerprint density at radius 2 is 1.74 bits per heavy atom. The lowest BCUT2D eigenvalue weighted by Gasteiger charge is -2.19. The zero-order valence-electron chi connectivity index (χ0n) is 12.8. The van der Waals surface area contributed by atoms with Crippen molar-refractivity contribution in [3.63, 3.8) is 0 Å². The summed E-state index contributed by atoms with van der Waals surface area (Å²) in [5, 5.41) is 13.2. The largest absolute Gasteiger partial charge is 0.480 e. The van der Waals surface area contributed by atoms with Crippen molar-refractivity contribution in [1.82, 2.24) is 10.6 Å². The molecule has 2 amide bonds. The third kappa shape index (κ3) is 7.34. The molecule has 23 heavy (non-hydrogen) atoms. The van der Waals surface area contributed by atoms with E-state index in [2.05, 4.69) is 5.32 Å². The molecule has 6 nitrogen and oxygen atoms in total. The molecule has 0 heterocycles. The van der Waals surface area contributed by atoms with Gasteiger partial charge in [-0.05, 0) is 19.8 Å². The van der Waals surface area contributed by atoms with Crippen molar-refractivity contribution < 1.29 is 32.7 Å². The average molecular weight is 338 g/mol. The van der Waals surface area contributed by atoms with E-state index < -0.39 is 36.6 Å². The molecule has 9 heteroatoms. The first kappa shape index (κ1) is 19.2. The fourth-order valence-corrected chi connectivity index (χ4v) is 2.56. The number of amides is 2. The fourth-order valence-electron chi connectivity index (χ4n) is 2.56. The van der Waals surface area contributed by atoms with E-state index in [9.17, 15) is 27.6 Å². The van der Waals surface area contributed by atoms with Crippen molar-refractivity contribution >= 4 is 17.8 Å². The van der Waals surface area contributed by atoms with Crippen LogP contribution in [0.4, 0.5) is 13.2 Å². The molecule has 132 valence electrons. The summed E-state index contributed by atoms with van der Waals surface area (Å²) >= 11 is 0. The fraction of sp³-hybridized carbons (Fsp3) is 0.786. The number of carbonyl (C=O) groups is 3. The smallest absolute Gasteiger partial charge is 0.391 e. The van der Waals surface area contributed by atoms with E-state index in [0.29, 0.717) is 0 Å². The Morgan fingerprint density at radius 1 is 1.17 bits per heavy atom. The molecular formula is C14H21F3N2O4. The first-order valence-corrected chi connectivity index (χ1v) is 7.48. The van der Waals surface area contributed by atoms with Crippen LogP contribution in [0.2, 0.25) is 0 Å². The lowest BCUT2D eigenvalue weighted by molar-refractivity contribution is -0.160. The molecule has 0 aliphatic heterocycles. The normalized spacial score (nSPS) is 18.3. The lowest BCUT2D eigenvalue weighted by Crippen LogP contribution is -2.46. The summed E-state index contributed by atoms with van der Waals surface area (Å²) in [5.74, 6) is -2.86. The third-order valence-electron chi connectivity index (χ3n) is 3.68. The number of aliphatic carboxylic acids is 1. The van der Waals surface area contributed by atoms with Gasteiger partial charge in [-0.15, -0.1) is 0 Å². The molecule has 0 aromatic rings. The number of carboxylic acid groups (broad SMARTS) is 1. The second-order valence-electron chi connectivity index (χ2n) is 5.87. The molecule has 1 rings (SSSR count). The molecule has 3 N–H and O–H groups in total. The van der Waals surface area contributed by atoms with Crippen LogP contribution in [0.15, 0.2) is 0 Å². The van der Waals surface area contributed by atoms with Crippen LogP contribution in [-0.4, -0.2) is 41.2 Å². The molecule has 1 saturated carbocycles. The minimum Gasteiger partial charge on any atom is -0.480 e. The predicted octanol–water partition coefficient (Wildman–Crippen LogP) is 1.59. The minimum absolute atomic E-state index is 0.0856. The van der Waals surface area contributed by atoms with Crippen molar-refractivity contribution in [1.29, 1.82) is 0 Å². The van der Waals surface area contributed by atoms with Gasteiger partial charge in [0.2, 0.25) is 11.8 Å². The third-order valence-corrected chi connectivity index (χ3v) is 3.68. The molecule has 1 aliphatic rings. The Bertz CT molecular complexity index is 448. The van der Waals surface area contributed by atoms with Crippen LogP contribution in [0.3, 0.4) is 0 Å². The van der Waals surface area contributed by atoms with Gasteiger partial charge in [0.05, 0.1) is 6.42 Å². The molecule has 2 atom stereocenters. The van der Waals surface area contributed by atoms with E-state index in [-0.39, 0.29) is 18.2 Å². The number of halogens is 3. The number of carboxylic acids is 1. The van der Waals surface area contributed by atoms with Gasteiger partial charge in [-0.3, -0.25) is 9.59 Å². The van der Waals surface area contributed by atoms with Crippen molar-refractivity contribution in [2.45, 2.75) is 63.7 Å².